The van der Waals surface area contributed by atoms with Crippen molar-refractivity contribution in [3.05, 3.63) is 23.0 Å². The van der Waals surface area contributed by atoms with E-state index in [9.17, 15) is 0 Å². The van der Waals surface area contributed by atoms with Crippen molar-refractivity contribution in [2.24, 2.45) is 17.3 Å². The average Bonchev–Trinajstić information content (AvgIpc) is 3.03. The SMILES string of the molecule is CC1=C2[C@@H](OP(P(P)P)P(PP)P(P)P)[C@H](OP(P(P)P)P(P)P(P)P)[C@@H](C)C(OP(P)P)=CC(C[C@@H]1OP(P(P)P(P)P)P(P(P)P)P(P)P)C2(C)C. The Kier molecular flexibility index (Phi) is 37.9. The van der Waals surface area contributed by atoms with E-state index in [0.29, 0.717) is 0 Å². The number of hydrogen-bond donors (Lipinski definition) is 0. The van der Waals surface area contributed by atoms with Crippen LogP contribution in [0.15, 0.2) is 23.0 Å². The van der Waals surface area contributed by atoms with E-state index in [4.69, 9.17) is 18.1 Å². The maximum absolute atomic E-state index is 7.95. The molecule has 0 N–H and O–H groups in total. The van der Waals surface area contributed by atoms with E-state index in [1.165, 1.54) is 11.1 Å². The minimum absolute atomic E-state index is 0.00372. The molecule has 0 aromatic heterocycles. The molecule has 2 rings (SSSR count). The van der Waals surface area contributed by atoms with Crippen LogP contribution in [-0.2, 0) is 18.1 Å². The average molecular weight is 1390 g/mol. The second-order valence-corrected chi connectivity index (χ2v) is 133. The van der Waals surface area contributed by atoms with E-state index in [1.807, 2.05) is 0 Å². The third-order valence-electron chi connectivity index (χ3n) is 8.02. The maximum atomic E-state index is 7.95. The summed E-state index contributed by atoms with van der Waals surface area (Å²) < 4.78 is 30.3. The van der Waals surface area contributed by atoms with Crippen LogP contribution in [0.3, 0.4) is 0 Å². The summed E-state index contributed by atoms with van der Waals surface area (Å²) in [6.45, 7) is 5.62. The standard InChI is InChI=1S/C15H59O4P35/c1-7-10(17-43(52(38)47(29)30)54(49(33)34)50(35)36)5-9-6-11(16-40(21)22)8(2)13(18-41(44(23)24)51(37)46(27)28)14(12(7)15(9,3)4)19-42(45(25)26)53(39-20)48(31)32/h6,8-10,13-14,39H,5,20-38H2,1-4H3/t8-,9?,10-,13+,14+,41?,42?,43?,51?,52?,53?/m0/s1. The lowest BCUT2D eigenvalue weighted by Crippen LogP contribution is -2.48. The van der Waals surface area contributed by atoms with Gasteiger partial charge in [-0.05, 0) is 90.8 Å². The third kappa shape index (κ3) is 19.5. The molecule has 0 radical (unpaired) electrons. The number of rotatable bonds is 20. The Morgan fingerprint density at radius 1 is 0.648 bits per heavy atom. The highest BCUT2D eigenvalue weighted by Crippen LogP contribution is 3.18. The topological polar surface area (TPSA) is 36.9 Å². The highest BCUT2D eigenvalue weighted by molar-refractivity contribution is 9.19. The Morgan fingerprint density at radius 3 is 1.56 bits per heavy atom. The fourth-order valence-corrected chi connectivity index (χ4v) is 213. The predicted molar refractivity (Wildman–Crippen MR) is 364 cm³/mol. The summed E-state index contributed by atoms with van der Waals surface area (Å²) in [5.41, 5.74) is 2.60. The Morgan fingerprint density at radius 2 is 1.15 bits per heavy atom. The van der Waals surface area contributed by atoms with Crippen molar-refractivity contribution in [3.8, 4) is 0 Å². The molecule has 0 saturated heterocycles. The van der Waals surface area contributed by atoms with Crippen molar-refractivity contribution >= 4 is 285 Å². The molecule has 0 aromatic rings. The van der Waals surface area contributed by atoms with E-state index in [-0.39, 0.29) is 91.5 Å². The largest absolute Gasteiger partial charge is 0.471 e. The molecule has 54 heavy (non-hydrogen) atoms. The predicted octanol–water partition coefficient (Wildman–Crippen LogP) is 22.6. The zero-order valence-electron chi connectivity index (χ0n) is 30.0. The van der Waals surface area contributed by atoms with Crippen LogP contribution >= 0.6 is 285 Å². The normalized spacial score (nSPS) is 27.6. The van der Waals surface area contributed by atoms with E-state index >= 15 is 0 Å². The first kappa shape index (κ1) is 64.3. The second-order valence-electron chi connectivity index (χ2n) is 11.9. The van der Waals surface area contributed by atoms with Crippen molar-refractivity contribution in [1.82, 2.24) is 0 Å². The zero-order valence-corrected chi connectivity index (χ0v) is 66.3. The highest BCUT2D eigenvalue weighted by Gasteiger charge is 2.53. The van der Waals surface area contributed by atoms with Crippen LogP contribution in [0.5, 0.6) is 0 Å². The van der Waals surface area contributed by atoms with Gasteiger partial charge in [0.15, 0.2) is 0 Å². The van der Waals surface area contributed by atoms with Gasteiger partial charge in [0.05, 0.1) is 28.7 Å². The van der Waals surface area contributed by atoms with Crippen LogP contribution in [0.25, 0.3) is 0 Å². The van der Waals surface area contributed by atoms with Crippen LogP contribution in [0, 0.1) is 17.3 Å². The van der Waals surface area contributed by atoms with Crippen LogP contribution in [0.1, 0.15) is 34.1 Å². The molecule has 0 spiro atoms. The molecule has 2 bridgehead atoms. The molecule has 0 saturated carbocycles. The molecule has 0 aromatic carbocycles. The molecule has 31 atom stereocenters. The summed E-state index contributed by atoms with van der Waals surface area (Å²) in [5.74, 6) is 1.28. The van der Waals surface area contributed by atoms with Crippen molar-refractivity contribution in [2.45, 2.75) is 52.4 Å². The lowest BCUT2D eigenvalue weighted by Gasteiger charge is -2.52. The molecule has 318 valence electrons. The summed E-state index contributed by atoms with van der Waals surface area (Å²) >= 11 is 0. The smallest absolute Gasteiger partial charge is 0.120 e. The number of allylic oxidation sites excluding steroid dienone is 1. The Bertz CT molecular complexity index is 1210. The van der Waals surface area contributed by atoms with Gasteiger partial charge in [-0.25, -0.2) is 0 Å². The van der Waals surface area contributed by atoms with Gasteiger partial charge < -0.3 is 18.1 Å². The van der Waals surface area contributed by atoms with Crippen LogP contribution in [0.2, 0.25) is 0 Å². The molecule has 4 nitrogen and oxygen atoms in total. The van der Waals surface area contributed by atoms with E-state index in [1.54, 1.807) is 0 Å². The Balaban J connectivity index is 3.11. The first-order valence-electron chi connectivity index (χ1n) is 14.8. The summed E-state index contributed by atoms with van der Waals surface area (Å²) in [7, 11) is 57.4. The molecule has 0 aliphatic heterocycles. The molecule has 0 fully saturated rings. The lowest BCUT2D eigenvalue weighted by molar-refractivity contribution is 0.0291. The van der Waals surface area contributed by atoms with Gasteiger partial charge in [-0.15, -0.1) is 134 Å². The van der Waals surface area contributed by atoms with Gasteiger partial charge in [0.1, 0.15) is 25.5 Å². The van der Waals surface area contributed by atoms with Crippen molar-refractivity contribution in [2.75, 3.05) is 0 Å². The molecular formula is C15H59O4P35. The molecule has 0 amide bonds. The van der Waals surface area contributed by atoms with Crippen LogP contribution in [-0.4, -0.2) is 18.3 Å². The van der Waals surface area contributed by atoms with E-state index < -0.39 is 51.1 Å². The maximum Gasteiger partial charge on any atom is 0.120 e. The monoisotopic (exact) mass is 1390 g/mol. The van der Waals surface area contributed by atoms with E-state index in [0.717, 1.165) is 20.1 Å². The fourth-order valence-electron chi connectivity index (χ4n) is 5.59. The summed E-state index contributed by atoms with van der Waals surface area (Å²) in [5, 5.41) is 0. The van der Waals surface area contributed by atoms with Gasteiger partial charge in [-0.2, -0.15) is 0 Å². The first-order valence-corrected chi connectivity index (χ1v) is 75.2. The molecule has 39 heteroatoms. The van der Waals surface area contributed by atoms with Gasteiger partial charge in [-0.1, -0.05) is 64.4 Å². The minimum Gasteiger partial charge on any atom is -0.471 e. The Labute approximate surface area is 391 Å². The number of hydrogen-bond acceptors (Lipinski definition) is 4. The van der Waals surface area contributed by atoms with Crippen LogP contribution in [0.4, 0.5) is 0 Å². The third-order valence-corrected chi connectivity index (χ3v) is 167. The van der Waals surface area contributed by atoms with Gasteiger partial charge in [-0.3, -0.25) is 0 Å². The second kappa shape index (κ2) is 31.8. The highest BCUT2D eigenvalue weighted by atomic mass is 33.2. The molecular weight excluding hydrogens is 1330 g/mol. The minimum atomic E-state index is -0.809. The molecule has 2 aliphatic rings. The first-order chi connectivity index (χ1) is 24.8. The lowest BCUT2D eigenvalue weighted by atomic mass is 9.60. The van der Waals surface area contributed by atoms with Gasteiger partial charge in [0.25, 0.3) is 0 Å². The summed E-state index contributed by atoms with van der Waals surface area (Å²) in [6, 6.07) is 0. The molecule has 0 heterocycles. The van der Waals surface area contributed by atoms with Crippen molar-refractivity contribution in [1.29, 1.82) is 0 Å². The molecule has 27 unspecified atom stereocenters. The number of fused-ring (bicyclic) bond motifs is 2. The van der Waals surface area contributed by atoms with Gasteiger partial charge in [0.2, 0.25) is 0 Å². The summed E-state index contributed by atoms with van der Waals surface area (Å²) in [6.07, 6.45) is 3.01. The quantitative estimate of drug-likeness (QED) is 0.0899. The summed E-state index contributed by atoms with van der Waals surface area (Å²) in [4.78, 5) is 0. The van der Waals surface area contributed by atoms with Crippen LogP contribution < -0.4 is 0 Å². The van der Waals surface area contributed by atoms with Crippen molar-refractivity contribution < 1.29 is 18.1 Å². The fraction of sp³-hybridized carbons (Fsp3) is 0.733. The van der Waals surface area contributed by atoms with Crippen molar-refractivity contribution in [3.63, 3.8) is 0 Å². The molecule has 2 aliphatic carbocycles. The zero-order chi connectivity index (χ0) is 41.7. The Hall–Kier alpha value is 14.2. The van der Waals surface area contributed by atoms with Gasteiger partial charge >= 0.3 is 0 Å². The van der Waals surface area contributed by atoms with Gasteiger partial charge in [0, 0.05) is 33.9 Å². The van der Waals surface area contributed by atoms with E-state index in [2.05, 4.69) is 203 Å².